The fraction of sp³-hybridized carbons (Fsp3) is 0.300. The van der Waals surface area contributed by atoms with Gasteiger partial charge in [0.25, 0.3) is 0 Å². The summed E-state index contributed by atoms with van der Waals surface area (Å²) in [5.74, 6) is -0.297. The highest BCUT2D eigenvalue weighted by Crippen LogP contribution is 2.21. The average molecular weight is 393 g/mol. The quantitative estimate of drug-likeness (QED) is 0.756. The Kier molecular flexibility index (Phi) is 7.49. The highest BCUT2D eigenvalue weighted by atomic mass is 35.5. The van der Waals surface area contributed by atoms with Crippen LogP contribution in [0.5, 0.6) is 0 Å². The fourth-order valence-electron chi connectivity index (χ4n) is 2.56. The number of amides is 2. The molecule has 2 amide bonds. The maximum atomic E-state index is 12.6. The first-order valence-corrected chi connectivity index (χ1v) is 9.23. The zero-order valence-electron chi connectivity index (χ0n) is 14.8. The highest BCUT2D eigenvalue weighted by Gasteiger charge is 2.25. The third-order valence-electron chi connectivity index (χ3n) is 4.13. The smallest absolute Gasteiger partial charge is 0.242 e. The van der Waals surface area contributed by atoms with Crippen molar-refractivity contribution in [1.29, 1.82) is 0 Å². The summed E-state index contributed by atoms with van der Waals surface area (Å²) in [4.78, 5) is 26.5. The maximum absolute atomic E-state index is 12.6. The number of nitrogens with one attached hydrogen (secondary N) is 1. The van der Waals surface area contributed by atoms with Crippen molar-refractivity contribution in [1.82, 2.24) is 10.2 Å². The third kappa shape index (κ3) is 5.48. The standard InChI is InChI=1S/C20H22Cl2N2O2/c1-3-19(25)24(13-15-7-5-4-6-8-15)14(2)20(26)23-12-16-9-10-17(21)11-18(16)22/h4-11,14H,3,12-13H2,1-2H3,(H,23,26)/t14-/m0/s1. The minimum Gasteiger partial charge on any atom is -0.350 e. The molecule has 0 heterocycles. The Hall–Kier alpha value is -2.04. The number of halogens is 2. The minimum absolute atomic E-state index is 0.0685. The van der Waals surface area contributed by atoms with Gasteiger partial charge in [-0.2, -0.15) is 0 Å². The van der Waals surface area contributed by atoms with Crippen molar-refractivity contribution in [2.75, 3.05) is 0 Å². The van der Waals surface area contributed by atoms with Crippen LogP contribution in [-0.4, -0.2) is 22.8 Å². The number of hydrogen-bond acceptors (Lipinski definition) is 2. The molecule has 0 saturated heterocycles. The molecule has 26 heavy (non-hydrogen) atoms. The lowest BCUT2D eigenvalue weighted by Crippen LogP contribution is -2.47. The van der Waals surface area contributed by atoms with Gasteiger partial charge in [0.05, 0.1) is 0 Å². The van der Waals surface area contributed by atoms with Crippen molar-refractivity contribution in [3.8, 4) is 0 Å². The largest absolute Gasteiger partial charge is 0.350 e. The van der Waals surface area contributed by atoms with Gasteiger partial charge in [0.2, 0.25) is 11.8 Å². The summed E-state index contributed by atoms with van der Waals surface area (Å²) < 4.78 is 0. The summed E-state index contributed by atoms with van der Waals surface area (Å²) in [6, 6.07) is 14.2. The molecule has 0 aliphatic heterocycles. The van der Waals surface area contributed by atoms with Crippen LogP contribution in [0.1, 0.15) is 31.4 Å². The number of nitrogens with zero attached hydrogens (tertiary/aromatic N) is 1. The lowest BCUT2D eigenvalue weighted by Gasteiger charge is -2.28. The van der Waals surface area contributed by atoms with Crippen LogP contribution in [0.15, 0.2) is 48.5 Å². The predicted octanol–water partition coefficient (Wildman–Crippen LogP) is 4.44. The molecule has 1 atom stereocenters. The average Bonchev–Trinajstić information content (AvgIpc) is 2.64. The van der Waals surface area contributed by atoms with Gasteiger partial charge in [0.15, 0.2) is 0 Å². The van der Waals surface area contributed by atoms with Crippen LogP contribution < -0.4 is 5.32 Å². The van der Waals surface area contributed by atoms with Crippen LogP contribution in [0.2, 0.25) is 10.0 Å². The van der Waals surface area contributed by atoms with E-state index in [4.69, 9.17) is 23.2 Å². The van der Waals surface area contributed by atoms with E-state index < -0.39 is 6.04 Å². The first kappa shape index (κ1) is 20.3. The molecule has 0 fully saturated rings. The lowest BCUT2D eigenvalue weighted by atomic mass is 10.1. The molecule has 6 heteroatoms. The van der Waals surface area contributed by atoms with Crippen LogP contribution >= 0.6 is 23.2 Å². The number of benzene rings is 2. The number of carbonyl (C=O) groups excluding carboxylic acids is 2. The lowest BCUT2D eigenvalue weighted by molar-refractivity contribution is -0.140. The third-order valence-corrected chi connectivity index (χ3v) is 4.72. The van der Waals surface area contributed by atoms with Crippen molar-refractivity contribution >= 4 is 35.0 Å². The fourth-order valence-corrected chi connectivity index (χ4v) is 3.04. The van der Waals surface area contributed by atoms with Crippen molar-refractivity contribution in [2.24, 2.45) is 0 Å². The molecule has 0 aliphatic rings. The van der Waals surface area contributed by atoms with E-state index in [1.807, 2.05) is 30.3 Å². The Balaban J connectivity index is 2.05. The molecule has 0 bridgehead atoms. The van der Waals surface area contributed by atoms with Crippen molar-refractivity contribution in [2.45, 2.75) is 39.4 Å². The Bertz CT molecular complexity index is 766. The molecule has 2 rings (SSSR count). The van der Waals surface area contributed by atoms with Crippen LogP contribution in [0.25, 0.3) is 0 Å². The van der Waals surface area contributed by atoms with E-state index in [2.05, 4.69) is 5.32 Å². The van der Waals surface area contributed by atoms with Crippen molar-refractivity contribution in [3.63, 3.8) is 0 Å². The summed E-state index contributed by atoms with van der Waals surface area (Å²) in [5, 5.41) is 3.88. The molecule has 0 unspecified atom stereocenters. The Labute approximate surface area is 164 Å². The molecule has 0 radical (unpaired) electrons. The molecule has 2 aromatic rings. The number of hydrogen-bond donors (Lipinski definition) is 1. The van der Waals surface area contributed by atoms with Crippen LogP contribution in [0.4, 0.5) is 0 Å². The van der Waals surface area contributed by atoms with Crippen LogP contribution in [0.3, 0.4) is 0 Å². The second-order valence-corrected chi connectivity index (χ2v) is 6.83. The van der Waals surface area contributed by atoms with Gasteiger partial charge in [0, 0.05) is 29.6 Å². The summed E-state index contributed by atoms with van der Waals surface area (Å²) in [6.07, 6.45) is 0.341. The van der Waals surface area contributed by atoms with Crippen molar-refractivity contribution < 1.29 is 9.59 Å². The minimum atomic E-state index is -0.589. The number of rotatable bonds is 7. The molecule has 0 aliphatic carbocycles. The Morgan fingerprint density at radius 1 is 1.12 bits per heavy atom. The van der Waals surface area contributed by atoms with Gasteiger partial charge >= 0.3 is 0 Å². The van der Waals surface area contributed by atoms with E-state index in [9.17, 15) is 9.59 Å². The normalized spacial score (nSPS) is 11.7. The summed E-state index contributed by atoms with van der Waals surface area (Å²) >= 11 is 12.0. The molecular weight excluding hydrogens is 371 g/mol. The van der Waals surface area contributed by atoms with Gasteiger partial charge in [-0.15, -0.1) is 0 Å². The van der Waals surface area contributed by atoms with Gasteiger partial charge in [-0.3, -0.25) is 9.59 Å². The van der Waals surface area contributed by atoms with Gasteiger partial charge in [0.1, 0.15) is 6.04 Å². The van der Waals surface area contributed by atoms with Crippen molar-refractivity contribution in [3.05, 3.63) is 69.7 Å². The van der Waals surface area contributed by atoms with Gasteiger partial charge in [-0.05, 0) is 30.2 Å². The van der Waals surface area contributed by atoms with E-state index >= 15 is 0 Å². The van der Waals surface area contributed by atoms with Gasteiger partial charge in [-0.25, -0.2) is 0 Å². The molecule has 138 valence electrons. The molecular formula is C20H22Cl2N2O2. The highest BCUT2D eigenvalue weighted by molar-refractivity contribution is 6.35. The van der Waals surface area contributed by atoms with E-state index in [1.54, 1.807) is 36.9 Å². The Morgan fingerprint density at radius 3 is 2.42 bits per heavy atom. The van der Waals surface area contributed by atoms with E-state index in [0.29, 0.717) is 23.0 Å². The zero-order chi connectivity index (χ0) is 19.1. The van der Waals surface area contributed by atoms with E-state index in [-0.39, 0.29) is 18.4 Å². The molecule has 2 aromatic carbocycles. The predicted molar refractivity (Wildman–Crippen MR) is 105 cm³/mol. The van der Waals surface area contributed by atoms with Gasteiger partial charge < -0.3 is 10.2 Å². The summed E-state index contributed by atoms with van der Waals surface area (Å²) in [7, 11) is 0. The van der Waals surface area contributed by atoms with Gasteiger partial charge in [-0.1, -0.05) is 66.5 Å². The zero-order valence-corrected chi connectivity index (χ0v) is 16.3. The summed E-state index contributed by atoms with van der Waals surface area (Å²) in [6.45, 7) is 4.19. The van der Waals surface area contributed by atoms with Crippen LogP contribution in [0, 0.1) is 0 Å². The van der Waals surface area contributed by atoms with E-state index in [0.717, 1.165) is 11.1 Å². The molecule has 0 spiro atoms. The maximum Gasteiger partial charge on any atom is 0.242 e. The molecule has 4 nitrogen and oxygen atoms in total. The molecule has 1 N–H and O–H groups in total. The summed E-state index contributed by atoms with van der Waals surface area (Å²) in [5.41, 5.74) is 1.75. The molecule has 0 aromatic heterocycles. The van der Waals surface area contributed by atoms with E-state index in [1.165, 1.54) is 0 Å². The monoisotopic (exact) mass is 392 g/mol. The second kappa shape index (κ2) is 9.60. The Morgan fingerprint density at radius 2 is 1.81 bits per heavy atom. The number of carbonyl (C=O) groups is 2. The molecule has 0 saturated carbocycles. The SMILES string of the molecule is CCC(=O)N(Cc1ccccc1)[C@@H](C)C(=O)NCc1ccc(Cl)cc1Cl. The van der Waals surface area contributed by atoms with Crippen LogP contribution in [-0.2, 0) is 22.7 Å². The first-order valence-electron chi connectivity index (χ1n) is 8.47. The second-order valence-electron chi connectivity index (χ2n) is 5.99. The first-order chi connectivity index (χ1) is 12.4. The topological polar surface area (TPSA) is 49.4 Å².